The maximum absolute atomic E-state index is 12.4. The molecule has 2 aromatic heterocycles. The lowest BCUT2D eigenvalue weighted by Gasteiger charge is -2.09. The molecule has 7 nitrogen and oxygen atoms in total. The number of thioether (sulfide) groups is 2. The lowest BCUT2D eigenvalue weighted by molar-refractivity contribution is -0.113. The molecule has 1 aromatic carbocycles. The van der Waals surface area contributed by atoms with Crippen LogP contribution in [-0.2, 0) is 17.1 Å². The highest BCUT2D eigenvalue weighted by molar-refractivity contribution is 7.99. The maximum Gasteiger partial charge on any atom is 0.234 e. The van der Waals surface area contributed by atoms with Crippen molar-refractivity contribution in [1.82, 2.24) is 24.7 Å². The zero-order valence-electron chi connectivity index (χ0n) is 17.9. The van der Waals surface area contributed by atoms with Gasteiger partial charge in [0, 0.05) is 23.6 Å². The van der Waals surface area contributed by atoms with Crippen molar-refractivity contribution >= 4 is 35.1 Å². The lowest BCUT2D eigenvalue weighted by atomic mass is 10.1. The number of amides is 1. The minimum atomic E-state index is -0.0600. The molecule has 1 N–H and O–H groups in total. The van der Waals surface area contributed by atoms with Gasteiger partial charge in [0.25, 0.3) is 0 Å². The Hall–Kier alpha value is -2.39. The van der Waals surface area contributed by atoms with E-state index < -0.39 is 0 Å². The van der Waals surface area contributed by atoms with Crippen LogP contribution in [0.25, 0.3) is 0 Å². The summed E-state index contributed by atoms with van der Waals surface area (Å²) in [5.41, 5.74) is 4.97. The first-order valence-electron chi connectivity index (χ1n) is 9.72. The molecular formula is C21H26N6OS2. The number of carbonyl (C=O) groups excluding carboxylic acids is 1. The molecule has 30 heavy (non-hydrogen) atoms. The number of hydrogen-bond acceptors (Lipinski definition) is 7. The van der Waals surface area contributed by atoms with Crippen LogP contribution in [0.4, 0.5) is 5.69 Å². The third-order valence-corrected chi connectivity index (χ3v) is 6.05. The van der Waals surface area contributed by atoms with Crippen molar-refractivity contribution < 1.29 is 4.79 Å². The van der Waals surface area contributed by atoms with Gasteiger partial charge in [-0.2, -0.15) is 0 Å². The van der Waals surface area contributed by atoms with E-state index in [2.05, 4.69) is 31.5 Å². The molecule has 0 bridgehead atoms. The molecule has 0 aliphatic rings. The van der Waals surface area contributed by atoms with Crippen molar-refractivity contribution in [3.63, 3.8) is 0 Å². The number of rotatable bonds is 8. The number of anilines is 1. The molecule has 0 saturated carbocycles. The van der Waals surface area contributed by atoms with E-state index in [-0.39, 0.29) is 11.7 Å². The van der Waals surface area contributed by atoms with E-state index in [1.807, 2.05) is 57.4 Å². The second-order valence-corrected chi connectivity index (χ2v) is 8.96. The fourth-order valence-corrected chi connectivity index (χ4v) is 4.82. The molecule has 3 aromatic rings. The maximum atomic E-state index is 12.4. The predicted molar refractivity (Wildman–Crippen MR) is 122 cm³/mol. The van der Waals surface area contributed by atoms with Crippen LogP contribution >= 0.6 is 23.5 Å². The Morgan fingerprint density at radius 2 is 1.63 bits per heavy atom. The van der Waals surface area contributed by atoms with Gasteiger partial charge < -0.3 is 9.88 Å². The zero-order valence-corrected chi connectivity index (χ0v) is 19.5. The van der Waals surface area contributed by atoms with E-state index in [0.717, 1.165) is 50.9 Å². The third kappa shape index (κ3) is 6.06. The van der Waals surface area contributed by atoms with Gasteiger partial charge in [-0.05, 0) is 63.9 Å². The number of carbonyl (C=O) groups is 1. The van der Waals surface area contributed by atoms with E-state index in [0.29, 0.717) is 5.75 Å². The summed E-state index contributed by atoms with van der Waals surface area (Å²) in [7, 11) is 0. The molecule has 0 saturated heterocycles. The van der Waals surface area contributed by atoms with Gasteiger partial charge in [0.1, 0.15) is 5.82 Å². The van der Waals surface area contributed by atoms with Crippen LogP contribution in [0.15, 0.2) is 34.6 Å². The number of nitrogens with one attached hydrogen (secondary N) is 1. The lowest BCUT2D eigenvalue weighted by Crippen LogP contribution is -2.15. The summed E-state index contributed by atoms with van der Waals surface area (Å²) in [6, 6.07) is 7.97. The van der Waals surface area contributed by atoms with Crippen LogP contribution in [0.2, 0.25) is 0 Å². The van der Waals surface area contributed by atoms with Crippen molar-refractivity contribution in [1.29, 1.82) is 0 Å². The average molecular weight is 443 g/mol. The molecule has 3 rings (SSSR count). The van der Waals surface area contributed by atoms with Crippen LogP contribution in [0.5, 0.6) is 0 Å². The van der Waals surface area contributed by atoms with Gasteiger partial charge in [-0.15, -0.1) is 10.2 Å². The molecular weight excluding hydrogens is 416 g/mol. The highest BCUT2D eigenvalue weighted by atomic mass is 32.2. The SMILES string of the molecule is CCn1c(CSc2nc(C)cc(C)n2)nnc1SCC(=O)Nc1cc(C)cc(C)c1. The number of aromatic nitrogens is 5. The Morgan fingerprint density at radius 3 is 2.27 bits per heavy atom. The van der Waals surface area contributed by atoms with E-state index in [1.54, 1.807) is 0 Å². The first-order chi connectivity index (χ1) is 14.3. The van der Waals surface area contributed by atoms with Crippen LogP contribution in [0.1, 0.15) is 35.3 Å². The molecule has 0 unspecified atom stereocenters. The summed E-state index contributed by atoms with van der Waals surface area (Å²) in [6.45, 7) is 10.7. The van der Waals surface area contributed by atoms with Gasteiger partial charge in [0.05, 0.1) is 11.5 Å². The summed E-state index contributed by atoms with van der Waals surface area (Å²) >= 11 is 2.93. The zero-order chi connectivity index (χ0) is 21.7. The fourth-order valence-electron chi connectivity index (χ4n) is 3.11. The number of hydrogen-bond donors (Lipinski definition) is 1. The van der Waals surface area contributed by atoms with Crippen molar-refractivity contribution in [2.45, 2.75) is 57.2 Å². The second kappa shape index (κ2) is 10.1. The van der Waals surface area contributed by atoms with Crippen molar-refractivity contribution in [3.8, 4) is 0 Å². The molecule has 0 atom stereocenters. The average Bonchev–Trinajstić information content (AvgIpc) is 3.05. The Labute approximate surface area is 185 Å². The fraction of sp³-hybridized carbons (Fsp3) is 0.381. The molecule has 0 fully saturated rings. The molecule has 9 heteroatoms. The van der Waals surface area contributed by atoms with Crippen molar-refractivity contribution in [2.24, 2.45) is 0 Å². The first kappa shape index (κ1) is 22.3. The summed E-state index contributed by atoms with van der Waals surface area (Å²) in [6.07, 6.45) is 0. The summed E-state index contributed by atoms with van der Waals surface area (Å²) in [5, 5.41) is 13.0. The van der Waals surface area contributed by atoms with Crippen molar-refractivity contribution in [3.05, 3.63) is 52.6 Å². The van der Waals surface area contributed by atoms with Crippen LogP contribution in [0, 0.1) is 27.7 Å². The number of nitrogens with zero attached hydrogens (tertiary/aromatic N) is 5. The first-order valence-corrected chi connectivity index (χ1v) is 11.7. The molecule has 0 radical (unpaired) electrons. The third-order valence-electron chi connectivity index (χ3n) is 4.24. The number of aryl methyl sites for hydroxylation is 4. The predicted octanol–water partition coefficient (Wildman–Crippen LogP) is 4.34. The molecule has 0 spiro atoms. The van der Waals surface area contributed by atoms with E-state index in [4.69, 9.17) is 0 Å². The Morgan fingerprint density at radius 1 is 0.967 bits per heavy atom. The minimum absolute atomic E-state index is 0.0600. The molecule has 0 aliphatic heterocycles. The Kier molecular flexibility index (Phi) is 7.49. The molecule has 2 heterocycles. The Bertz CT molecular complexity index is 1010. The highest BCUT2D eigenvalue weighted by Crippen LogP contribution is 2.23. The summed E-state index contributed by atoms with van der Waals surface area (Å²) in [4.78, 5) is 21.3. The summed E-state index contributed by atoms with van der Waals surface area (Å²) < 4.78 is 2.03. The van der Waals surface area contributed by atoms with Crippen LogP contribution < -0.4 is 5.32 Å². The summed E-state index contributed by atoms with van der Waals surface area (Å²) in [5.74, 6) is 1.69. The van der Waals surface area contributed by atoms with Gasteiger partial charge in [0.15, 0.2) is 10.3 Å². The second-order valence-electron chi connectivity index (χ2n) is 7.08. The normalized spacial score (nSPS) is 11.0. The van der Waals surface area contributed by atoms with Gasteiger partial charge >= 0.3 is 0 Å². The minimum Gasteiger partial charge on any atom is -0.325 e. The van der Waals surface area contributed by atoms with Gasteiger partial charge in [-0.25, -0.2) is 9.97 Å². The van der Waals surface area contributed by atoms with E-state index >= 15 is 0 Å². The van der Waals surface area contributed by atoms with E-state index in [1.165, 1.54) is 23.5 Å². The molecule has 1 amide bonds. The van der Waals surface area contributed by atoms with Gasteiger partial charge in [-0.3, -0.25) is 4.79 Å². The largest absolute Gasteiger partial charge is 0.325 e. The number of benzene rings is 1. The van der Waals surface area contributed by atoms with E-state index in [9.17, 15) is 4.79 Å². The van der Waals surface area contributed by atoms with Gasteiger partial charge in [-0.1, -0.05) is 29.6 Å². The van der Waals surface area contributed by atoms with Crippen LogP contribution in [0.3, 0.4) is 0 Å². The van der Waals surface area contributed by atoms with Crippen LogP contribution in [-0.4, -0.2) is 36.4 Å². The Balaban J connectivity index is 1.60. The highest BCUT2D eigenvalue weighted by Gasteiger charge is 2.14. The quantitative estimate of drug-likeness (QED) is 0.410. The molecule has 0 aliphatic carbocycles. The standard InChI is InChI=1S/C21H26N6OS2/c1-6-27-18(11-29-20-22-15(4)10-16(5)23-20)25-26-21(27)30-12-19(28)24-17-8-13(2)7-14(3)9-17/h7-10H,6,11-12H2,1-5H3,(H,24,28). The molecule has 158 valence electrons. The smallest absolute Gasteiger partial charge is 0.234 e. The topological polar surface area (TPSA) is 85.6 Å². The van der Waals surface area contributed by atoms with Gasteiger partial charge in [0.2, 0.25) is 5.91 Å². The monoisotopic (exact) mass is 442 g/mol. The van der Waals surface area contributed by atoms with Crippen molar-refractivity contribution in [2.75, 3.05) is 11.1 Å².